The van der Waals surface area contributed by atoms with E-state index >= 15 is 0 Å². The Labute approximate surface area is 127 Å². The fourth-order valence-corrected chi connectivity index (χ4v) is 4.13. The molecule has 5 heteroatoms. The van der Waals surface area contributed by atoms with E-state index in [-0.39, 0.29) is 17.1 Å². The summed E-state index contributed by atoms with van der Waals surface area (Å²) in [5, 5.41) is 0. The van der Waals surface area contributed by atoms with Crippen molar-refractivity contribution in [2.45, 2.75) is 31.7 Å². The number of para-hydroxylation sites is 2. The maximum absolute atomic E-state index is 12.4. The van der Waals surface area contributed by atoms with Crippen molar-refractivity contribution in [3.63, 3.8) is 0 Å². The lowest BCUT2D eigenvalue weighted by Gasteiger charge is -2.33. The Hall–Kier alpha value is -2.04. The summed E-state index contributed by atoms with van der Waals surface area (Å²) in [4.78, 5) is 29.7. The predicted molar refractivity (Wildman–Crippen MR) is 82.6 cm³/mol. The molecular weight excluding hydrogens is 278 g/mol. The van der Waals surface area contributed by atoms with Crippen LogP contribution in [0.1, 0.15) is 31.7 Å². The second-order valence-corrected chi connectivity index (χ2v) is 7.10. The summed E-state index contributed by atoms with van der Waals surface area (Å²) < 4.78 is 1.88. The standard InChI is InChI=1S/C17H19N3O2/c21-15(17-9-11(17)10-17)19-7-5-12(6-8-19)20-14-4-2-1-3-13(14)18-16(20)22/h1-4,11-12H,5-10H2,(H,18,22). The molecule has 2 heterocycles. The molecule has 3 aliphatic rings. The maximum Gasteiger partial charge on any atom is 0.326 e. The van der Waals surface area contributed by atoms with Crippen molar-refractivity contribution in [3.05, 3.63) is 34.7 Å². The van der Waals surface area contributed by atoms with E-state index in [0.717, 1.165) is 49.8 Å². The molecule has 114 valence electrons. The first-order valence-electron chi connectivity index (χ1n) is 8.18. The highest BCUT2D eigenvalue weighted by Gasteiger charge is 2.75. The lowest BCUT2D eigenvalue weighted by molar-refractivity contribution is -0.136. The van der Waals surface area contributed by atoms with Gasteiger partial charge in [0, 0.05) is 19.1 Å². The van der Waals surface area contributed by atoms with E-state index < -0.39 is 0 Å². The molecule has 22 heavy (non-hydrogen) atoms. The SMILES string of the molecule is O=C(N1CCC(n2c(=O)[nH]c3ccccc32)CC1)C12CC1C2. The van der Waals surface area contributed by atoms with Crippen LogP contribution in [0.4, 0.5) is 0 Å². The van der Waals surface area contributed by atoms with Crippen molar-refractivity contribution in [3.8, 4) is 0 Å². The molecule has 2 saturated carbocycles. The van der Waals surface area contributed by atoms with E-state index in [1.54, 1.807) is 0 Å². The number of piperidine rings is 1. The highest BCUT2D eigenvalue weighted by Crippen LogP contribution is 2.76. The van der Waals surface area contributed by atoms with E-state index in [4.69, 9.17) is 0 Å². The lowest BCUT2D eigenvalue weighted by Crippen LogP contribution is -2.42. The van der Waals surface area contributed by atoms with Crippen LogP contribution >= 0.6 is 0 Å². The molecule has 1 amide bonds. The van der Waals surface area contributed by atoms with Gasteiger partial charge in [0.05, 0.1) is 16.4 Å². The maximum atomic E-state index is 12.4. The number of amides is 1. The van der Waals surface area contributed by atoms with Crippen LogP contribution in [0, 0.1) is 11.3 Å². The molecule has 2 aromatic rings. The van der Waals surface area contributed by atoms with Crippen LogP contribution in [0.2, 0.25) is 0 Å². The van der Waals surface area contributed by atoms with Gasteiger partial charge in [-0.3, -0.25) is 9.36 Å². The van der Waals surface area contributed by atoms with E-state index in [9.17, 15) is 9.59 Å². The van der Waals surface area contributed by atoms with Crippen LogP contribution in [0.25, 0.3) is 11.0 Å². The van der Waals surface area contributed by atoms with Gasteiger partial charge in [-0.25, -0.2) is 4.79 Å². The van der Waals surface area contributed by atoms with Crippen LogP contribution in [0.3, 0.4) is 0 Å². The molecule has 2 aliphatic carbocycles. The number of hydrogen-bond acceptors (Lipinski definition) is 2. The number of fused-ring (bicyclic) bond motifs is 2. The van der Waals surface area contributed by atoms with Gasteiger partial charge in [-0.1, -0.05) is 12.1 Å². The normalized spacial score (nSPS) is 30.4. The highest BCUT2D eigenvalue weighted by atomic mass is 16.2. The molecule has 0 bridgehead atoms. The minimum Gasteiger partial charge on any atom is -0.342 e. The Morgan fingerprint density at radius 3 is 2.55 bits per heavy atom. The number of aromatic nitrogens is 2. The number of rotatable bonds is 2. The molecule has 0 radical (unpaired) electrons. The molecule has 1 saturated heterocycles. The number of imidazole rings is 1. The van der Waals surface area contributed by atoms with Gasteiger partial charge in [0.25, 0.3) is 0 Å². The van der Waals surface area contributed by atoms with E-state index in [1.165, 1.54) is 0 Å². The number of H-pyrrole nitrogens is 1. The van der Waals surface area contributed by atoms with Crippen molar-refractivity contribution < 1.29 is 4.79 Å². The van der Waals surface area contributed by atoms with Crippen LogP contribution in [-0.2, 0) is 4.79 Å². The fourth-order valence-electron chi connectivity index (χ4n) is 4.13. The average molecular weight is 297 g/mol. The Balaban J connectivity index is 1.38. The van der Waals surface area contributed by atoms with E-state index in [2.05, 4.69) is 4.98 Å². The molecule has 5 nitrogen and oxygen atoms in total. The molecule has 1 N–H and O–H groups in total. The van der Waals surface area contributed by atoms with Crippen molar-refractivity contribution in [1.29, 1.82) is 0 Å². The molecule has 0 spiro atoms. The number of benzene rings is 1. The van der Waals surface area contributed by atoms with Crippen molar-refractivity contribution >= 4 is 16.9 Å². The largest absolute Gasteiger partial charge is 0.342 e. The summed E-state index contributed by atoms with van der Waals surface area (Å²) in [6.07, 6.45) is 3.98. The first kappa shape index (κ1) is 12.5. The molecule has 1 aromatic carbocycles. The topological polar surface area (TPSA) is 58.1 Å². The summed E-state index contributed by atoms with van der Waals surface area (Å²) in [5.41, 5.74) is 1.91. The third-order valence-corrected chi connectivity index (χ3v) is 5.85. The van der Waals surface area contributed by atoms with Crippen LogP contribution in [0.15, 0.2) is 29.1 Å². The zero-order chi connectivity index (χ0) is 14.9. The number of nitrogens with zero attached hydrogens (tertiary/aromatic N) is 2. The quantitative estimate of drug-likeness (QED) is 0.920. The van der Waals surface area contributed by atoms with Crippen LogP contribution < -0.4 is 5.69 Å². The number of carbonyl (C=O) groups excluding carboxylic acids is 1. The van der Waals surface area contributed by atoms with Crippen LogP contribution in [-0.4, -0.2) is 33.4 Å². The monoisotopic (exact) mass is 297 g/mol. The van der Waals surface area contributed by atoms with Crippen molar-refractivity contribution in [1.82, 2.24) is 14.5 Å². The molecule has 0 unspecified atom stereocenters. The van der Waals surface area contributed by atoms with Crippen molar-refractivity contribution in [2.24, 2.45) is 11.3 Å². The van der Waals surface area contributed by atoms with Gasteiger partial charge >= 0.3 is 5.69 Å². The second-order valence-electron chi connectivity index (χ2n) is 7.10. The van der Waals surface area contributed by atoms with Gasteiger partial charge < -0.3 is 9.88 Å². The summed E-state index contributed by atoms with van der Waals surface area (Å²) in [6.45, 7) is 1.56. The lowest BCUT2D eigenvalue weighted by atomic mass is 10.0. The Morgan fingerprint density at radius 2 is 1.86 bits per heavy atom. The first-order chi connectivity index (χ1) is 10.7. The molecule has 1 aromatic heterocycles. The molecule has 5 rings (SSSR count). The van der Waals surface area contributed by atoms with Gasteiger partial charge in [-0.05, 0) is 43.7 Å². The third-order valence-electron chi connectivity index (χ3n) is 5.85. The fraction of sp³-hybridized carbons (Fsp3) is 0.529. The van der Waals surface area contributed by atoms with E-state index in [0.29, 0.717) is 11.8 Å². The second kappa shape index (κ2) is 4.03. The summed E-state index contributed by atoms with van der Waals surface area (Å²) >= 11 is 0. The summed E-state index contributed by atoms with van der Waals surface area (Å²) in [5.74, 6) is 1.08. The number of likely N-dealkylation sites (tertiary alicyclic amines) is 1. The minimum atomic E-state index is -0.0333. The van der Waals surface area contributed by atoms with Crippen molar-refractivity contribution in [2.75, 3.05) is 13.1 Å². The Morgan fingerprint density at radius 1 is 1.18 bits per heavy atom. The summed E-state index contributed by atoms with van der Waals surface area (Å²) in [6, 6.07) is 8.02. The molecular formula is C17H19N3O2. The Kier molecular flexibility index (Phi) is 2.29. The zero-order valence-corrected chi connectivity index (χ0v) is 12.4. The number of hydrogen-bond donors (Lipinski definition) is 1. The number of aromatic amines is 1. The smallest absolute Gasteiger partial charge is 0.326 e. The molecule has 3 fully saturated rings. The summed E-state index contributed by atoms with van der Waals surface area (Å²) in [7, 11) is 0. The van der Waals surface area contributed by atoms with Gasteiger partial charge in [0.1, 0.15) is 0 Å². The van der Waals surface area contributed by atoms with Gasteiger partial charge in [-0.15, -0.1) is 0 Å². The molecule has 0 atom stereocenters. The van der Waals surface area contributed by atoms with Gasteiger partial charge in [-0.2, -0.15) is 0 Å². The highest BCUT2D eigenvalue weighted by molar-refractivity contribution is 5.90. The zero-order valence-electron chi connectivity index (χ0n) is 12.4. The first-order valence-corrected chi connectivity index (χ1v) is 8.18. The third kappa shape index (κ3) is 1.59. The minimum absolute atomic E-state index is 0.0333. The van der Waals surface area contributed by atoms with E-state index in [1.807, 2.05) is 33.7 Å². The van der Waals surface area contributed by atoms with Gasteiger partial charge in [0.15, 0.2) is 0 Å². The average Bonchev–Trinajstić information content (AvgIpc) is 3.37. The van der Waals surface area contributed by atoms with Gasteiger partial charge in [0.2, 0.25) is 5.91 Å². The predicted octanol–water partition coefficient (Wildman–Crippen LogP) is 1.90. The Bertz CT molecular complexity index is 820. The number of nitrogens with one attached hydrogen (secondary N) is 1. The van der Waals surface area contributed by atoms with Crippen LogP contribution in [0.5, 0.6) is 0 Å². The molecule has 1 aliphatic heterocycles. The number of carbonyl (C=O) groups is 1.